The van der Waals surface area contributed by atoms with Crippen molar-refractivity contribution in [2.75, 3.05) is 32.1 Å². The van der Waals surface area contributed by atoms with E-state index < -0.39 is 34.4 Å². The normalized spacial score (nSPS) is 19.0. The summed E-state index contributed by atoms with van der Waals surface area (Å²) in [4.78, 5) is 20.2. The fourth-order valence-corrected chi connectivity index (χ4v) is 5.42. The van der Waals surface area contributed by atoms with Gasteiger partial charge in [0.1, 0.15) is 27.2 Å². The van der Waals surface area contributed by atoms with E-state index in [1.54, 1.807) is 0 Å². The molecule has 2 aromatic rings. The van der Waals surface area contributed by atoms with Gasteiger partial charge in [0.05, 0.1) is 18.5 Å². The number of pyridine rings is 1. The van der Waals surface area contributed by atoms with Crippen LogP contribution in [0.2, 0.25) is 0 Å². The Kier molecular flexibility index (Phi) is 8.14. The second-order valence-electron chi connectivity index (χ2n) is 7.54. The van der Waals surface area contributed by atoms with Crippen molar-refractivity contribution in [3.63, 3.8) is 0 Å². The Hall–Kier alpha value is -3.42. The predicted octanol–water partition coefficient (Wildman–Crippen LogP) is 3.34. The maximum Gasteiger partial charge on any atom is 0.422 e. The van der Waals surface area contributed by atoms with E-state index in [4.69, 9.17) is 5.73 Å². The summed E-state index contributed by atoms with van der Waals surface area (Å²) in [6.45, 7) is -0.794. The van der Waals surface area contributed by atoms with Crippen LogP contribution < -0.4 is 15.8 Å². The van der Waals surface area contributed by atoms with E-state index in [1.165, 1.54) is 35.6 Å². The molecule has 1 aromatic carbocycles. The molecule has 0 radical (unpaired) electrons. The highest BCUT2D eigenvalue weighted by Crippen LogP contribution is 2.23. The van der Waals surface area contributed by atoms with Gasteiger partial charge in [-0.25, -0.2) is 17.9 Å². The Balaban J connectivity index is 1.76. The standard InChI is InChI=1S/C21H24F4N6O3S/c1-27-20(26)31-9-3-2-8-29-35(31,33)12-14-10-15(4-6-17(14)22)30-19(32)18-7-5-16(11-28-18)34-13-21(23,24)25/h4-7,10-11H,2-3,8-9,12-13H2,1H3,(H2,26,27)(H,30,32). The van der Waals surface area contributed by atoms with Gasteiger partial charge in [0, 0.05) is 24.8 Å². The topological polar surface area (TPSA) is 122 Å². The highest BCUT2D eigenvalue weighted by atomic mass is 32.2. The molecule has 1 aliphatic rings. The lowest BCUT2D eigenvalue weighted by Gasteiger charge is -2.25. The van der Waals surface area contributed by atoms with Gasteiger partial charge in [-0.05, 0) is 43.2 Å². The Morgan fingerprint density at radius 2 is 2.06 bits per heavy atom. The Labute approximate surface area is 199 Å². The molecule has 0 aliphatic carbocycles. The number of aromatic nitrogens is 1. The number of aliphatic imine (C=N–C) groups is 1. The third-order valence-corrected chi connectivity index (χ3v) is 7.24. The summed E-state index contributed by atoms with van der Waals surface area (Å²) in [5, 5.41) is 2.53. The number of alkyl halides is 3. The first-order chi connectivity index (χ1) is 16.5. The molecular weight excluding hydrogens is 492 g/mol. The fraction of sp³-hybridized carbons (Fsp3) is 0.381. The summed E-state index contributed by atoms with van der Waals surface area (Å²) in [5.74, 6) is -1.71. The molecule has 1 aromatic heterocycles. The molecule has 0 spiro atoms. The molecule has 1 unspecified atom stereocenters. The van der Waals surface area contributed by atoms with Crippen molar-refractivity contribution in [1.29, 1.82) is 0 Å². The Morgan fingerprint density at radius 3 is 2.71 bits per heavy atom. The van der Waals surface area contributed by atoms with Gasteiger partial charge in [-0.15, -0.1) is 0 Å². The van der Waals surface area contributed by atoms with Gasteiger partial charge in [-0.3, -0.25) is 14.1 Å². The highest BCUT2D eigenvalue weighted by molar-refractivity contribution is 7.91. The average Bonchev–Trinajstić information content (AvgIpc) is 3.00. The molecule has 2 heterocycles. The van der Waals surface area contributed by atoms with E-state index in [1.807, 2.05) is 0 Å². The SMILES string of the molecule is CN=C(N)N1CCCCN=S1(=O)Cc1cc(NC(=O)c2ccc(OCC(F)(F)F)cn2)ccc1F. The van der Waals surface area contributed by atoms with Crippen LogP contribution in [0.4, 0.5) is 23.2 Å². The number of carbonyl (C=O) groups is 1. The maximum atomic E-state index is 14.6. The van der Waals surface area contributed by atoms with Crippen LogP contribution >= 0.6 is 0 Å². The molecule has 3 rings (SSSR count). The fourth-order valence-electron chi connectivity index (χ4n) is 3.21. The van der Waals surface area contributed by atoms with Crippen LogP contribution in [-0.2, 0) is 15.7 Å². The summed E-state index contributed by atoms with van der Waals surface area (Å²) >= 11 is 0. The van der Waals surface area contributed by atoms with Crippen molar-refractivity contribution >= 4 is 27.5 Å². The van der Waals surface area contributed by atoms with Gasteiger partial charge in [0.15, 0.2) is 6.61 Å². The van der Waals surface area contributed by atoms with E-state index in [9.17, 15) is 26.6 Å². The van der Waals surface area contributed by atoms with Crippen LogP contribution in [0.1, 0.15) is 28.9 Å². The summed E-state index contributed by atoms with van der Waals surface area (Å²) in [6, 6.07) is 6.13. The molecule has 35 heavy (non-hydrogen) atoms. The predicted molar refractivity (Wildman–Crippen MR) is 123 cm³/mol. The number of ether oxygens (including phenoxy) is 1. The van der Waals surface area contributed by atoms with Gasteiger partial charge in [0.25, 0.3) is 5.91 Å². The lowest BCUT2D eigenvalue weighted by Crippen LogP contribution is -2.42. The number of benzene rings is 1. The minimum absolute atomic E-state index is 0.0410. The first-order valence-electron chi connectivity index (χ1n) is 10.5. The van der Waals surface area contributed by atoms with Crippen LogP contribution in [-0.4, -0.2) is 58.3 Å². The Morgan fingerprint density at radius 1 is 1.29 bits per heavy atom. The lowest BCUT2D eigenvalue weighted by atomic mass is 10.2. The van der Waals surface area contributed by atoms with E-state index in [2.05, 4.69) is 24.4 Å². The van der Waals surface area contributed by atoms with Crippen molar-refractivity contribution in [3.05, 3.63) is 53.6 Å². The zero-order valence-corrected chi connectivity index (χ0v) is 19.5. The molecule has 190 valence electrons. The number of nitrogens with zero attached hydrogens (tertiary/aromatic N) is 4. The third kappa shape index (κ3) is 7.04. The molecule has 0 saturated heterocycles. The maximum absolute atomic E-state index is 14.6. The van der Waals surface area contributed by atoms with Gasteiger partial charge in [0.2, 0.25) is 5.96 Å². The highest BCUT2D eigenvalue weighted by Gasteiger charge is 2.28. The van der Waals surface area contributed by atoms with Gasteiger partial charge in [-0.1, -0.05) is 0 Å². The zero-order chi connectivity index (χ0) is 25.6. The monoisotopic (exact) mass is 516 g/mol. The number of rotatable bonds is 6. The molecule has 14 heteroatoms. The molecule has 3 N–H and O–H groups in total. The third-order valence-electron chi connectivity index (χ3n) is 4.91. The molecule has 1 aliphatic heterocycles. The summed E-state index contributed by atoms with van der Waals surface area (Å²) in [6.07, 6.45) is -2.11. The molecule has 1 amide bonds. The van der Waals surface area contributed by atoms with E-state index in [0.29, 0.717) is 25.9 Å². The molecule has 9 nitrogen and oxygen atoms in total. The van der Waals surface area contributed by atoms with Crippen LogP contribution in [0.25, 0.3) is 0 Å². The summed E-state index contributed by atoms with van der Waals surface area (Å²) in [7, 11) is -1.67. The van der Waals surface area contributed by atoms with E-state index >= 15 is 0 Å². The summed E-state index contributed by atoms with van der Waals surface area (Å²) in [5.41, 5.74) is 6.06. The second-order valence-corrected chi connectivity index (χ2v) is 9.74. The molecule has 0 saturated carbocycles. The molecular formula is C21H24F4N6O3S. The van der Waals surface area contributed by atoms with Crippen LogP contribution in [0.5, 0.6) is 5.75 Å². The molecule has 0 bridgehead atoms. The number of guanidine groups is 1. The largest absolute Gasteiger partial charge is 0.483 e. The van der Waals surface area contributed by atoms with Gasteiger partial charge >= 0.3 is 6.18 Å². The quantitative estimate of drug-likeness (QED) is 0.347. The number of hydrogen-bond donors (Lipinski definition) is 2. The van der Waals surface area contributed by atoms with E-state index in [0.717, 1.165) is 12.3 Å². The van der Waals surface area contributed by atoms with Crippen molar-refractivity contribution in [2.45, 2.75) is 24.8 Å². The first kappa shape index (κ1) is 26.2. The first-order valence-corrected chi connectivity index (χ1v) is 12.1. The van der Waals surface area contributed by atoms with Crippen LogP contribution in [0.15, 0.2) is 45.9 Å². The van der Waals surface area contributed by atoms with Gasteiger partial charge in [-0.2, -0.15) is 13.2 Å². The van der Waals surface area contributed by atoms with Crippen molar-refractivity contribution in [3.8, 4) is 5.75 Å². The average molecular weight is 517 g/mol. The van der Waals surface area contributed by atoms with Crippen molar-refractivity contribution in [1.82, 2.24) is 9.29 Å². The minimum atomic E-state index is -4.50. The smallest absolute Gasteiger partial charge is 0.422 e. The molecule has 0 fully saturated rings. The number of carbonyl (C=O) groups excluding carboxylic acids is 1. The Bertz CT molecular complexity index is 1210. The number of nitrogens with one attached hydrogen (secondary N) is 1. The zero-order valence-electron chi connectivity index (χ0n) is 18.7. The van der Waals surface area contributed by atoms with Crippen molar-refractivity contribution in [2.24, 2.45) is 15.1 Å². The second kappa shape index (κ2) is 10.9. The minimum Gasteiger partial charge on any atom is -0.483 e. The van der Waals surface area contributed by atoms with Crippen LogP contribution in [0.3, 0.4) is 0 Å². The number of halogens is 4. The number of amides is 1. The van der Waals surface area contributed by atoms with E-state index in [-0.39, 0.29) is 34.4 Å². The molecule has 1 atom stereocenters. The lowest BCUT2D eigenvalue weighted by molar-refractivity contribution is -0.153. The van der Waals surface area contributed by atoms with Gasteiger partial charge < -0.3 is 15.8 Å². The number of nitrogens with two attached hydrogens (primary N) is 1. The van der Waals surface area contributed by atoms with Crippen LogP contribution in [0, 0.1) is 5.82 Å². The number of anilines is 1. The number of hydrogen-bond acceptors (Lipinski definition) is 6. The summed E-state index contributed by atoms with van der Waals surface area (Å²) < 4.78 is 75.2. The van der Waals surface area contributed by atoms with Crippen molar-refractivity contribution < 1.29 is 31.3 Å².